The van der Waals surface area contributed by atoms with Gasteiger partial charge in [-0.15, -0.1) is 11.8 Å². The number of hydrogen-bond donors (Lipinski definition) is 0. The number of aromatic nitrogens is 2. The van der Waals surface area contributed by atoms with Crippen molar-refractivity contribution in [3.8, 4) is 0 Å². The number of rotatable bonds is 6. The molecule has 0 N–H and O–H groups in total. The van der Waals surface area contributed by atoms with E-state index < -0.39 is 11.6 Å². The Morgan fingerprint density at radius 2 is 1.92 bits per heavy atom. The average molecular weight is 365 g/mol. The van der Waals surface area contributed by atoms with Gasteiger partial charge in [-0.1, -0.05) is 17.7 Å². The Kier molecular flexibility index (Phi) is 5.53. The Labute approximate surface area is 148 Å². The summed E-state index contributed by atoms with van der Waals surface area (Å²) in [5.74, 6) is -1.09. The molecule has 6 heteroatoms. The fraction of sp³-hybridized carbons (Fsp3) is 0.167. The molecule has 0 saturated carbocycles. The molecule has 1 heterocycles. The lowest BCUT2D eigenvalue weighted by atomic mass is 10.1. The third kappa shape index (κ3) is 4.36. The second-order valence-corrected chi connectivity index (χ2v) is 7.03. The number of imidazole rings is 1. The largest absolute Gasteiger partial charge is 0.337 e. The second-order valence-electron chi connectivity index (χ2n) is 5.32. The third-order valence-electron chi connectivity index (χ3n) is 3.61. The Balaban J connectivity index is 1.83. The van der Waals surface area contributed by atoms with Gasteiger partial charge in [0, 0.05) is 45.7 Å². The van der Waals surface area contributed by atoms with Crippen molar-refractivity contribution in [1.29, 1.82) is 0 Å². The summed E-state index contributed by atoms with van der Waals surface area (Å²) < 4.78 is 29.4. The van der Waals surface area contributed by atoms with E-state index in [1.807, 2.05) is 22.9 Å². The van der Waals surface area contributed by atoms with Crippen LogP contribution in [-0.4, -0.2) is 9.55 Å². The molecule has 0 fully saturated rings. The van der Waals surface area contributed by atoms with Crippen molar-refractivity contribution in [2.24, 2.45) is 0 Å². The molecule has 1 atom stereocenters. The fourth-order valence-corrected chi connectivity index (χ4v) is 3.69. The van der Waals surface area contributed by atoms with Crippen LogP contribution in [0.1, 0.15) is 17.2 Å². The van der Waals surface area contributed by atoms with Crippen LogP contribution in [0.15, 0.2) is 66.1 Å². The lowest BCUT2D eigenvalue weighted by Crippen LogP contribution is -2.04. The van der Waals surface area contributed by atoms with Gasteiger partial charge in [-0.05, 0) is 36.8 Å². The van der Waals surface area contributed by atoms with E-state index in [9.17, 15) is 8.78 Å². The first-order valence-corrected chi connectivity index (χ1v) is 8.70. The van der Waals surface area contributed by atoms with Crippen molar-refractivity contribution in [3.63, 3.8) is 0 Å². The highest BCUT2D eigenvalue weighted by molar-refractivity contribution is 7.99. The van der Waals surface area contributed by atoms with E-state index in [4.69, 9.17) is 11.6 Å². The smallest absolute Gasteiger partial charge is 0.130 e. The van der Waals surface area contributed by atoms with E-state index in [1.54, 1.807) is 24.7 Å². The van der Waals surface area contributed by atoms with Crippen LogP contribution in [-0.2, 0) is 6.54 Å². The maximum Gasteiger partial charge on any atom is 0.130 e. The average Bonchev–Trinajstić information content (AvgIpc) is 3.07. The van der Waals surface area contributed by atoms with Gasteiger partial charge < -0.3 is 4.57 Å². The van der Waals surface area contributed by atoms with Crippen molar-refractivity contribution in [2.45, 2.75) is 23.1 Å². The molecule has 0 spiro atoms. The molecule has 0 bridgehead atoms. The number of halogens is 3. The van der Waals surface area contributed by atoms with Gasteiger partial charge in [0.1, 0.15) is 11.6 Å². The van der Waals surface area contributed by atoms with E-state index in [0.717, 1.165) is 11.0 Å². The van der Waals surface area contributed by atoms with Crippen LogP contribution in [0.25, 0.3) is 0 Å². The van der Waals surface area contributed by atoms with E-state index in [0.29, 0.717) is 23.6 Å². The monoisotopic (exact) mass is 364 g/mol. The summed E-state index contributed by atoms with van der Waals surface area (Å²) in [7, 11) is 0. The Hall–Kier alpha value is -1.85. The van der Waals surface area contributed by atoms with Crippen LogP contribution < -0.4 is 0 Å². The first-order valence-electron chi connectivity index (χ1n) is 7.45. The maximum absolute atomic E-state index is 14.2. The topological polar surface area (TPSA) is 17.8 Å². The Morgan fingerprint density at radius 1 is 1.12 bits per heavy atom. The zero-order valence-corrected chi connectivity index (χ0v) is 14.3. The van der Waals surface area contributed by atoms with Crippen LogP contribution in [0.5, 0.6) is 0 Å². The van der Waals surface area contributed by atoms with Gasteiger partial charge in [-0.2, -0.15) is 0 Å². The van der Waals surface area contributed by atoms with Crippen molar-refractivity contribution in [1.82, 2.24) is 9.55 Å². The van der Waals surface area contributed by atoms with Gasteiger partial charge in [0.2, 0.25) is 0 Å². The van der Waals surface area contributed by atoms with Crippen LogP contribution in [0, 0.1) is 11.6 Å². The maximum atomic E-state index is 14.2. The number of benzene rings is 2. The molecule has 0 saturated heterocycles. The highest BCUT2D eigenvalue weighted by Gasteiger charge is 2.18. The molecule has 0 aliphatic rings. The SMILES string of the molecule is Fc1ccc(C(CCn2ccnc2)Sc2ccc(Cl)cc2)c(F)c1. The summed E-state index contributed by atoms with van der Waals surface area (Å²) >= 11 is 7.45. The zero-order valence-electron chi connectivity index (χ0n) is 12.7. The second kappa shape index (κ2) is 7.81. The Morgan fingerprint density at radius 3 is 2.58 bits per heavy atom. The molecular formula is C18H15ClF2N2S. The van der Waals surface area contributed by atoms with Crippen LogP contribution in [0.4, 0.5) is 8.78 Å². The van der Waals surface area contributed by atoms with E-state index in [-0.39, 0.29) is 5.25 Å². The normalized spacial score (nSPS) is 12.3. The summed E-state index contributed by atoms with van der Waals surface area (Å²) in [6.45, 7) is 0.697. The molecule has 2 aromatic carbocycles. The number of thioether (sulfide) groups is 1. The minimum atomic E-state index is -0.568. The van der Waals surface area contributed by atoms with Crippen molar-refractivity contribution >= 4 is 23.4 Å². The van der Waals surface area contributed by atoms with Gasteiger partial charge in [-0.3, -0.25) is 0 Å². The quantitative estimate of drug-likeness (QED) is 0.519. The molecule has 0 aliphatic carbocycles. The van der Waals surface area contributed by atoms with Gasteiger partial charge in [0.05, 0.1) is 6.33 Å². The van der Waals surface area contributed by atoms with E-state index in [1.165, 1.54) is 23.9 Å². The van der Waals surface area contributed by atoms with Crippen LogP contribution in [0.3, 0.4) is 0 Å². The summed E-state index contributed by atoms with van der Waals surface area (Å²) in [5, 5.41) is 0.511. The highest BCUT2D eigenvalue weighted by Crippen LogP contribution is 2.39. The molecule has 124 valence electrons. The minimum absolute atomic E-state index is 0.144. The minimum Gasteiger partial charge on any atom is -0.337 e. The van der Waals surface area contributed by atoms with Crippen LogP contribution in [0.2, 0.25) is 5.02 Å². The molecule has 0 radical (unpaired) electrons. The van der Waals surface area contributed by atoms with Crippen LogP contribution >= 0.6 is 23.4 Å². The molecular weight excluding hydrogens is 350 g/mol. The molecule has 0 aliphatic heterocycles. The zero-order chi connectivity index (χ0) is 16.9. The first-order chi connectivity index (χ1) is 11.6. The molecule has 3 aromatic rings. The summed E-state index contributed by atoms with van der Waals surface area (Å²) in [6.07, 6.45) is 5.99. The van der Waals surface area contributed by atoms with E-state index >= 15 is 0 Å². The standard InChI is InChI=1S/C18H15ClF2N2S/c19-13-1-4-15(5-2-13)24-18(7-9-23-10-8-22-12-23)16-6-3-14(20)11-17(16)21/h1-6,8,10-12,18H,7,9H2. The predicted octanol–water partition coefficient (Wildman–Crippen LogP) is 5.74. The first kappa shape index (κ1) is 17.0. The summed E-state index contributed by atoms with van der Waals surface area (Å²) in [4.78, 5) is 5.00. The van der Waals surface area contributed by atoms with Gasteiger partial charge in [0.25, 0.3) is 0 Å². The van der Waals surface area contributed by atoms with Gasteiger partial charge in [-0.25, -0.2) is 13.8 Å². The van der Waals surface area contributed by atoms with E-state index in [2.05, 4.69) is 4.98 Å². The number of hydrogen-bond acceptors (Lipinski definition) is 2. The van der Waals surface area contributed by atoms with Gasteiger partial charge in [0.15, 0.2) is 0 Å². The fourth-order valence-electron chi connectivity index (χ4n) is 2.40. The molecule has 24 heavy (non-hydrogen) atoms. The molecule has 0 amide bonds. The molecule has 1 unspecified atom stereocenters. The molecule has 1 aromatic heterocycles. The lowest BCUT2D eigenvalue weighted by molar-refractivity contribution is 0.558. The third-order valence-corrected chi connectivity index (χ3v) is 5.18. The van der Waals surface area contributed by atoms with Crippen molar-refractivity contribution in [2.75, 3.05) is 0 Å². The number of nitrogens with zero attached hydrogens (tertiary/aromatic N) is 2. The highest BCUT2D eigenvalue weighted by atomic mass is 35.5. The lowest BCUT2D eigenvalue weighted by Gasteiger charge is -2.18. The summed E-state index contributed by atoms with van der Waals surface area (Å²) in [6, 6.07) is 11.2. The predicted molar refractivity (Wildman–Crippen MR) is 93.3 cm³/mol. The Bertz CT molecular complexity index is 791. The molecule has 2 nitrogen and oxygen atoms in total. The van der Waals surface area contributed by atoms with Crippen molar-refractivity contribution in [3.05, 3.63) is 83.4 Å². The summed E-state index contributed by atoms with van der Waals surface area (Å²) in [5.41, 5.74) is 0.497. The number of aryl methyl sites for hydroxylation is 1. The van der Waals surface area contributed by atoms with Crippen molar-refractivity contribution < 1.29 is 8.78 Å². The van der Waals surface area contributed by atoms with Gasteiger partial charge >= 0.3 is 0 Å². The molecule has 3 rings (SSSR count).